The van der Waals surface area contributed by atoms with Crippen molar-refractivity contribution < 1.29 is 9.63 Å². The van der Waals surface area contributed by atoms with Crippen molar-refractivity contribution in [2.45, 2.75) is 6.92 Å². The Labute approximate surface area is 211 Å². The molecule has 0 aliphatic rings. The molecule has 0 aliphatic carbocycles. The lowest BCUT2D eigenvalue weighted by molar-refractivity contribution is 0.476. The van der Waals surface area contributed by atoms with E-state index in [0.29, 0.717) is 11.3 Å². The summed E-state index contributed by atoms with van der Waals surface area (Å²) in [4.78, 5) is 0. The molecule has 4 heteroatoms. The van der Waals surface area contributed by atoms with E-state index in [2.05, 4.69) is 25.1 Å². The SMILES string of the molecule is Cc1cccc([P@@](=S)(Oc2cc(-c3ccccc3)c(O)cc2-c2ccccc2)c2ccccc2)c1. The number of phenols is 1. The molecular formula is C31H25O2PS. The van der Waals surface area contributed by atoms with E-state index >= 15 is 0 Å². The fourth-order valence-corrected chi connectivity index (χ4v) is 7.27. The quantitative estimate of drug-likeness (QED) is 0.250. The summed E-state index contributed by atoms with van der Waals surface area (Å²) < 4.78 is 6.95. The van der Waals surface area contributed by atoms with Gasteiger partial charge in [0.2, 0.25) is 0 Å². The predicted octanol–water partition coefficient (Wildman–Crippen LogP) is 7.46. The van der Waals surface area contributed by atoms with E-state index in [-0.39, 0.29) is 5.75 Å². The topological polar surface area (TPSA) is 29.5 Å². The summed E-state index contributed by atoms with van der Waals surface area (Å²) in [6, 6.07) is 41.9. The molecule has 0 aliphatic heterocycles. The van der Waals surface area contributed by atoms with Gasteiger partial charge in [-0.1, -0.05) is 115 Å². The van der Waals surface area contributed by atoms with Crippen LogP contribution in [0.15, 0.2) is 127 Å². The van der Waals surface area contributed by atoms with Crippen molar-refractivity contribution in [1.29, 1.82) is 0 Å². The van der Waals surface area contributed by atoms with E-state index in [9.17, 15) is 5.11 Å². The zero-order chi connectivity index (χ0) is 24.3. The monoisotopic (exact) mass is 492 g/mol. The van der Waals surface area contributed by atoms with Crippen LogP contribution in [0.25, 0.3) is 22.3 Å². The molecule has 172 valence electrons. The highest BCUT2D eigenvalue weighted by Crippen LogP contribution is 2.50. The van der Waals surface area contributed by atoms with Crippen LogP contribution in [0.5, 0.6) is 11.5 Å². The fourth-order valence-electron chi connectivity index (χ4n) is 4.16. The van der Waals surface area contributed by atoms with Gasteiger partial charge in [-0.25, -0.2) is 0 Å². The number of benzene rings is 5. The minimum absolute atomic E-state index is 0.200. The zero-order valence-electron chi connectivity index (χ0n) is 19.3. The van der Waals surface area contributed by atoms with Crippen molar-refractivity contribution in [3.8, 4) is 33.8 Å². The molecule has 0 saturated carbocycles. The molecule has 1 N–H and O–H groups in total. The normalized spacial score (nSPS) is 12.6. The van der Waals surface area contributed by atoms with Crippen LogP contribution >= 0.6 is 6.26 Å². The average molecular weight is 493 g/mol. The summed E-state index contributed by atoms with van der Waals surface area (Å²) in [6.07, 6.45) is -2.70. The third-order valence-electron chi connectivity index (χ3n) is 5.93. The molecule has 0 bridgehead atoms. The van der Waals surface area contributed by atoms with Gasteiger partial charge in [0.1, 0.15) is 11.5 Å². The van der Waals surface area contributed by atoms with Crippen molar-refractivity contribution >= 4 is 28.7 Å². The molecule has 0 saturated heterocycles. The number of hydrogen-bond acceptors (Lipinski definition) is 3. The zero-order valence-corrected chi connectivity index (χ0v) is 21.0. The number of rotatable bonds is 6. The van der Waals surface area contributed by atoms with Crippen LogP contribution in [-0.2, 0) is 11.8 Å². The lowest BCUT2D eigenvalue weighted by Crippen LogP contribution is -2.20. The van der Waals surface area contributed by atoms with E-state index in [1.54, 1.807) is 6.07 Å². The maximum atomic E-state index is 11.0. The Hall–Kier alpha value is -3.65. The molecule has 5 rings (SSSR count). The lowest BCUT2D eigenvalue weighted by Gasteiger charge is -2.27. The van der Waals surface area contributed by atoms with Crippen molar-refractivity contribution in [3.05, 3.63) is 133 Å². The van der Waals surface area contributed by atoms with Crippen LogP contribution < -0.4 is 15.1 Å². The number of aryl methyl sites for hydroxylation is 1. The van der Waals surface area contributed by atoms with Crippen molar-refractivity contribution in [2.75, 3.05) is 0 Å². The Morgan fingerprint density at radius 2 is 1.14 bits per heavy atom. The predicted molar refractivity (Wildman–Crippen MR) is 151 cm³/mol. The largest absolute Gasteiger partial charge is 0.507 e. The van der Waals surface area contributed by atoms with Gasteiger partial charge in [-0.2, -0.15) is 0 Å². The van der Waals surface area contributed by atoms with Gasteiger partial charge in [-0.05, 0) is 48.1 Å². The summed E-state index contributed by atoms with van der Waals surface area (Å²) in [5, 5.41) is 13.0. The second kappa shape index (κ2) is 9.92. The fraction of sp³-hybridized carbons (Fsp3) is 0.0323. The maximum Gasteiger partial charge on any atom is 0.171 e. The third-order valence-corrected chi connectivity index (χ3v) is 9.81. The molecule has 1 atom stereocenters. The third kappa shape index (κ3) is 4.79. The standard InChI is InChI=1S/C31H25O2PS/c1-23-12-11-19-27(20-23)34(35,26-17-9-4-10-18-26)33-31-22-28(24-13-5-2-6-14-24)30(32)21-29(31)25-15-7-3-8-16-25/h2-22,32H,1H3/t34-/m1/s1. The number of phenolic OH excluding ortho intramolecular Hbond substituents is 1. The molecule has 0 radical (unpaired) electrons. The van der Waals surface area contributed by atoms with Crippen LogP contribution in [0.1, 0.15) is 5.56 Å². The second-order valence-corrected chi connectivity index (χ2v) is 12.3. The number of aromatic hydroxyl groups is 1. The van der Waals surface area contributed by atoms with Crippen LogP contribution in [0.3, 0.4) is 0 Å². The molecule has 0 fully saturated rings. The van der Waals surface area contributed by atoms with Crippen LogP contribution in [-0.4, -0.2) is 5.11 Å². The van der Waals surface area contributed by atoms with Gasteiger partial charge >= 0.3 is 0 Å². The van der Waals surface area contributed by atoms with Gasteiger partial charge in [0.15, 0.2) is 6.26 Å². The summed E-state index contributed by atoms with van der Waals surface area (Å²) in [6.45, 7) is 2.07. The van der Waals surface area contributed by atoms with Crippen LogP contribution in [0, 0.1) is 6.92 Å². The highest BCUT2D eigenvalue weighted by Gasteiger charge is 2.27. The second-order valence-electron chi connectivity index (χ2n) is 8.41. The molecule has 5 aromatic rings. The summed E-state index contributed by atoms with van der Waals surface area (Å²) in [5.74, 6) is 0.854. The van der Waals surface area contributed by atoms with E-state index < -0.39 is 6.26 Å². The molecule has 0 unspecified atom stereocenters. The van der Waals surface area contributed by atoms with Crippen molar-refractivity contribution in [1.82, 2.24) is 0 Å². The Bertz CT molecular complexity index is 1500. The van der Waals surface area contributed by atoms with Gasteiger partial charge in [0.25, 0.3) is 0 Å². The van der Waals surface area contributed by atoms with Crippen molar-refractivity contribution in [2.24, 2.45) is 0 Å². The minimum Gasteiger partial charge on any atom is -0.507 e. The summed E-state index contributed by atoms with van der Waals surface area (Å²) in [7, 11) is 0. The first-order chi connectivity index (χ1) is 17.0. The number of hydrogen-bond donors (Lipinski definition) is 1. The average Bonchev–Trinajstić information content (AvgIpc) is 2.91. The van der Waals surface area contributed by atoms with Gasteiger partial charge in [0.05, 0.1) is 0 Å². The van der Waals surface area contributed by atoms with Gasteiger partial charge in [-0.3, -0.25) is 0 Å². The van der Waals surface area contributed by atoms with Crippen LogP contribution in [0.2, 0.25) is 0 Å². The first-order valence-corrected chi connectivity index (χ1v) is 14.2. The molecule has 0 spiro atoms. The first-order valence-electron chi connectivity index (χ1n) is 11.4. The Morgan fingerprint density at radius 3 is 1.74 bits per heavy atom. The highest BCUT2D eigenvalue weighted by molar-refractivity contribution is 8.19. The lowest BCUT2D eigenvalue weighted by atomic mass is 9.98. The van der Waals surface area contributed by atoms with E-state index in [0.717, 1.165) is 32.9 Å². The summed E-state index contributed by atoms with van der Waals surface area (Å²) in [5.41, 5.74) is 4.52. The molecule has 5 aromatic carbocycles. The molecule has 0 aromatic heterocycles. The molecule has 2 nitrogen and oxygen atoms in total. The van der Waals surface area contributed by atoms with Crippen molar-refractivity contribution in [3.63, 3.8) is 0 Å². The minimum atomic E-state index is -2.70. The van der Waals surface area contributed by atoms with E-state index in [1.165, 1.54) is 0 Å². The van der Waals surface area contributed by atoms with Gasteiger partial charge in [-0.15, -0.1) is 0 Å². The highest BCUT2D eigenvalue weighted by atomic mass is 32.4. The van der Waals surface area contributed by atoms with Gasteiger partial charge in [0, 0.05) is 21.7 Å². The molecule has 0 amide bonds. The van der Waals surface area contributed by atoms with E-state index in [1.807, 2.05) is 103 Å². The van der Waals surface area contributed by atoms with E-state index in [4.69, 9.17) is 16.3 Å². The first kappa shape index (κ1) is 23.1. The molecular weight excluding hydrogens is 467 g/mol. The van der Waals surface area contributed by atoms with Gasteiger partial charge < -0.3 is 9.63 Å². The maximum absolute atomic E-state index is 11.0. The smallest absolute Gasteiger partial charge is 0.171 e. The Balaban J connectivity index is 1.74. The Morgan fingerprint density at radius 1 is 0.600 bits per heavy atom. The van der Waals surface area contributed by atoms with Crippen LogP contribution in [0.4, 0.5) is 0 Å². The summed E-state index contributed by atoms with van der Waals surface area (Å²) >= 11 is 6.41. The Kier molecular flexibility index (Phi) is 6.55. The molecule has 0 heterocycles. The molecule has 35 heavy (non-hydrogen) atoms.